The van der Waals surface area contributed by atoms with Gasteiger partial charge in [-0.15, -0.1) is 11.3 Å². The molecule has 0 unspecified atom stereocenters. The molecule has 0 aliphatic rings. The van der Waals surface area contributed by atoms with Gasteiger partial charge in [0.05, 0.1) is 0 Å². The van der Waals surface area contributed by atoms with Crippen LogP contribution in [0.15, 0.2) is 65.4 Å². The molecule has 2 amide bonds. The molecule has 0 fully saturated rings. The first-order chi connectivity index (χ1) is 12.6. The minimum atomic E-state index is -0.668. The van der Waals surface area contributed by atoms with E-state index in [2.05, 4.69) is 10.6 Å². The van der Waals surface area contributed by atoms with Crippen molar-refractivity contribution in [2.45, 2.75) is 6.92 Å². The molecule has 0 bridgehead atoms. The molecule has 7 heteroatoms. The Morgan fingerprint density at radius 1 is 0.769 bits per heavy atom. The summed E-state index contributed by atoms with van der Waals surface area (Å²) in [5.41, 5.74) is 2.30. The van der Waals surface area contributed by atoms with Gasteiger partial charge in [0, 0.05) is 22.1 Å². The van der Waals surface area contributed by atoms with Crippen LogP contribution in [0.25, 0.3) is 0 Å². The lowest BCUT2D eigenvalue weighted by Crippen LogP contribution is -2.19. The molecule has 0 radical (unpaired) electrons. The van der Waals surface area contributed by atoms with Crippen molar-refractivity contribution in [2.24, 2.45) is 0 Å². The number of anilines is 2. The Morgan fingerprint density at radius 3 is 1.81 bits per heavy atom. The van der Waals surface area contributed by atoms with E-state index >= 15 is 0 Å². The van der Waals surface area contributed by atoms with Crippen molar-refractivity contribution < 1.29 is 19.1 Å². The summed E-state index contributed by atoms with van der Waals surface area (Å²) in [5, 5.41) is 8.37. The molecule has 0 saturated heterocycles. The standard InChI is InChI=1S/C19H16N2O4S/c1-13-7-9-15(10-8-13)21-19(23)25-17-12-26-11-16(17)24-18(22)20-14-5-3-2-4-6-14/h2-12H,1H3,(H,20,22)(H,21,23). The van der Waals surface area contributed by atoms with Crippen molar-refractivity contribution in [3.63, 3.8) is 0 Å². The number of para-hydroxylation sites is 1. The predicted octanol–water partition coefficient (Wildman–Crippen LogP) is 5.28. The number of nitrogens with one attached hydrogen (secondary N) is 2. The SMILES string of the molecule is Cc1ccc(NC(=O)Oc2cscc2OC(=O)Nc2ccccc2)cc1. The Labute approximate surface area is 154 Å². The van der Waals surface area contributed by atoms with Gasteiger partial charge in [-0.1, -0.05) is 35.9 Å². The van der Waals surface area contributed by atoms with Gasteiger partial charge < -0.3 is 9.47 Å². The van der Waals surface area contributed by atoms with E-state index < -0.39 is 12.2 Å². The van der Waals surface area contributed by atoms with Crippen LogP contribution in [0.3, 0.4) is 0 Å². The first-order valence-electron chi connectivity index (χ1n) is 7.76. The largest absolute Gasteiger partial charge is 0.417 e. The van der Waals surface area contributed by atoms with Gasteiger partial charge in [-0.25, -0.2) is 9.59 Å². The number of aryl methyl sites for hydroxylation is 1. The highest BCUT2D eigenvalue weighted by atomic mass is 32.1. The van der Waals surface area contributed by atoms with Gasteiger partial charge in [0.25, 0.3) is 0 Å². The zero-order valence-electron chi connectivity index (χ0n) is 13.9. The van der Waals surface area contributed by atoms with Crippen LogP contribution in [0, 0.1) is 6.92 Å². The zero-order chi connectivity index (χ0) is 18.4. The summed E-state index contributed by atoms with van der Waals surface area (Å²) in [6.07, 6.45) is -1.33. The molecule has 2 aromatic carbocycles. The lowest BCUT2D eigenvalue weighted by molar-refractivity contribution is 0.205. The smallest absolute Gasteiger partial charge is 0.405 e. The Hall–Kier alpha value is -3.32. The minimum absolute atomic E-state index is 0.169. The zero-order valence-corrected chi connectivity index (χ0v) is 14.7. The minimum Gasteiger partial charge on any atom is -0.405 e. The molecule has 0 spiro atoms. The highest BCUT2D eigenvalue weighted by Gasteiger charge is 2.15. The molecular weight excluding hydrogens is 352 g/mol. The number of carbonyl (C=O) groups excluding carboxylic acids is 2. The molecule has 0 saturated carbocycles. The van der Waals surface area contributed by atoms with Crippen molar-refractivity contribution in [3.8, 4) is 11.5 Å². The normalized spacial score (nSPS) is 10.0. The van der Waals surface area contributed by atoms with Gasteiger partial charge >= 0.3 is 12.2 Å². The highest BCUT2D eigenvalue weighted by molar-refractivity contribution is 7.08. The van der Waals surface area contributed by atoms with Crippen LogP contribution in [-0.2, 0) is 0 Å². The highest BCUT2D eigenvalue weighted by Crippen LogP contribution is 2.32. The molecule has 6 nitrogen and oxygen atoms in total. The molecule has 2 N–H and O–H groups in total. The number of carbonyl (C=O) groups is 2. The Balaban J connectivity index is 1.58. The topological polar surface area (TPSA) is 76.7 Å². The summed E-state index contributed by atoms with van der Waals surface area (Å²) < 4.78 is 10.4. The number of hydrogen-bond acceptors (Lipinski definition) is 5. The number of rotatable bonds is 4. The number of ether oxygens (including phenoxy) is 2. The third-order valence-corrected chi connectivity index (χ3v) is 4.02. The van der Waals surface area contributed by atoms with E-state index in [-0.39, 0.29) is 11.5 Å². The average Bonchev–Trinajstić information content (AvgIpc) is 3.04. The Bertz CT molecular complexity index is 891. The van der Waals surface area contributed by atoms with E-state index in [4.69, 9.17) is 9.47 Å². The number of benzene rings is 2. The van der Waals surface area contributed by atoms with E-state index in [1.165, 1.54) is 11.3 Å². The van der Waals surface area contributed by atoms with Gasteiger partial charge in [0.1, 0.15) is 0 Å². The maximum atomic E-state index is 12.0. The van der Waals surface area contributed by atoms with Crippen LogP contribution in [0.2, 0.25) is 0 Å². The fourth-order valence-electron chi connectivity index (χ4n) is 2.07. The van der Waals surface area contributed by atoms with Crippen molar-refractivity contribution in [2.75, 3.05) is 10.6 Å². The second kappa shape index (κ2) is 8.17. The van der Waals surface area contributed by atoms with Gasteiger partial charge in [-0.3, -0.25) is 10.6 Å². The van der Waals surface area contributed by atoms with E-state index in [1.54, 1.807) is 47.2 Å². The quantitative estimate of drug-likeness (QED) is 0.657. The van der Waals surface area contributed by atoms with Crippen molar-refractivity contribution in [1.29, 1.82) is 0 Å². The van der Waals surface area contributed by atoms with E-state index in [1.807, 2.05) is 25.1 Å². The molecule has 1 heterocycles. The maximum Gasteiger partial charge on any atom is 0.417 e. The lowest BCUT2D eigenvalue weighted by Gasteiger charge is -2.09. The molecule has 1 aromatic heterocycles. The predicted molar refractivity (Wildman–Crippen MR) is 101 cm³/mol. The van der Waals surface area contributed by atoms with Crippen LogP contribution in [0.1, 0.15) is 5.56 Å². The van der Waals surface area contributed by atoms with Crippen LogP contribution in [0.5, 0.6) is 11.5 Å². The van der Waals surface area contributed by atoms with Crippen molar-refractivity contribution >= 4 is 34.9 Å². The summed E-state index contributed by atoms with van der Waals surface area (Å²) in [6.45, 7) is 1.96. The summed E-state index contributed by atoms with van der Waals surface area (Å²) >= 11 is 1.25. The monoisotopic (exact) mass is 368 g/mol. The fraction of sp³-hybridized carbons (Fsp3) is 0.0526. The van der Waals surface area contributed by atoms with Crippen molar-refractivity contribution in [1.82, 2.24) is 0 Å². The molecule has 0 atom stereocenters. The molecule has 0 aliphatic heterocycles. The fourth-order valence-corrected chi connectivity index (χ4v) is 2.71. The Kier molecular flexibility index (Phi) is 5.50. The summed E-state index contributed by atoms with van der Waals surface area (Å²) in [4.78, 5) is 24.0. The third-order valence-electron chi connectivity index (χ3n) is 3.32. The summed E-state index contributed by atoms with van der Waals surface area (Å²) in [6, 6.07) is 16.2. The summed E-state index contributed by atoms with van der Waals surface area (Å²) in [7, 11) is 0. The molecule has 132 valence electrons. The van der Waals surface area contributed by atoms with E-state index in [0.717, 1.165) is 5.56 Å². The first-order valence-corrected chi connectivity index (χ1v) is 8.70. The van der Waals surface area contributed by atoms with Gasteiger partial charge in [-0.05, 0) is 31.2 Å². The van der Waals surface area contributed by atoms with Gasteiger partial charge in [-0.2, -0.15) is 0 Å². The third kappa shape index (κ3) is 4.84. The summed E-state index contributed by atoms with van der Waals surface area (Å²) in [5.74, 6) is 0.338. The van der Waals surface area contributed by atoms with Crippen LogP contribution in [0.4, 0.5) is 21.0 Å². The maximum absolute atomic E-state index is 12.0. The molecule has 26 heavy (non-hydrogen) atoms. The number of hydrogen-bond donors (Lipinski definition) is 2. The van der Waals surface area contributed by atoms with Crippen LogP contribution < -0.4 is 20.1 Å². The molecule has 3 aromatic rings. The second-order valence-electron chi connectivity index (χ2n) is 5.36. The van der Waals surface area contributed by atoms with Crippen LogP contribution in [-0.4, -0.2) is 12.2 Å². The molecule has 3 rings (SSSR count). The Morgan fingerprint density at radius 2 is 1.27 bits per heavy atom. The van der Waals surface area contributed by atoms with E-state index in [9.17, 15) is 9.59 Å². The van der Waals surface area contributed by atoms with Gasteiger partial charge in [0.2, 0.25) is 0 Å². The molecular formula is C19H16N2O4S. The van der Waals surface area contributed by atoms with Gasteiger partial charge in [0.15, 0.2) is 11.5 Å². The number of thiophene rings is 1. The van der Waals surface area contributed by atoms with Crippen molar-refractivity contribution in [3.05, 3.63) is 70.9 Å². The average molecular weight is 368 g/mol. The second-order valence-corrected chi connectivity index (χ2v) is 6.10. The number of amides is 2. The lowest BCUT2D eigenvalue weighted by atomic mass is 10.2. The first kappa shape index (κ1) is 17.5. The molecule has 0 aliphatic carbocycles. The van der Waals surface area contributed by atoms with Crippen LogP contribution >= 0.6 is 11.3 Å². The van der Waals surface area contributed by atoms with E-state index in [0.29, 0.717) is 11.4 Å².